The van der Waals surface area contributed by atoms with Crippen molar-refractivity contribution in [3.63, 3.8) is 0 Å². The highest BCUT2D eigenvalue weighted by molar-refractivity contribution is 7.80. The number of amides is 3. The van der Waals surface area contributed by atoms with Crippen LogP contribution in [-0.4, -0.2) is 70.4 Å². The Labute approximate surface area is 198 Å². The van der Waals surface area contributed by atoms with Crippen LogP contribution >= 0.6 is 12.6 Å². The highest BCUT2D eigenvalue weighted by Gasteiger charge is 2.28. The van der Waals surface area contributed by atoms with Crippen molar-refractivity contribution in [2.24, 2.45) is 11.5 Å². The summed E-state index contributed by atoms with van der Waals surface area (Å²) in [5.74, 6) is -3.08. The molecular weight excluding hydrogens is 450 g/mol. The third-order valence-corrected chi connectivity index (χ3v) is 5.22. The molecule has 0 heterocycles. The molecule has 1 aromatic carbocycles. The van der Waals surface area contributed by atoms with Gasteiger partial charge < -0.3 is 37.6 Å². The number of rotatable bonds is 14. The number of benzene rings is 1. The van der Waals surface area contributed by atoms with Gasteiger partial charge in [0.15, 0.2) is 0 Å². The second-order valence-corrected chi connectivity index (χ2v) is 8.00. The summed E-state index contributed by atoms with van der Waals surface area (Å²) in [6, 6.07) is 2.08. The molecule has 0 fully saturated rings. The first kappa shape index (κ1) is 28.2. The number of phenolic OH excluding ortho intramolecular Hbond substituents is 1. The molecule has 1 aromatic rings. The number of hydrogen-bond donors (Lipinski definition) is 8. The monoisotopic (exact) mass is 483 g/mol. The number of carboxylic acids is 1. The number of carbonyl (C=O) groups is 4. The van der Waals surface area contributed by atoms with E-state index in [4.69, 9.17) is 11.5 Å². The third-order valence-electron chi connectivity index (χ3n) is 4.86. The van der Waals surface area contributed by atoms with Crippen molar-refractivity contribution in [3.8, 4) is 5.75 Å². The van der Waals surface area contributed by atoms with Crippen LogP contribution in [0.15, 0.2) is 24.3 Å². The number of carboxylic acid groups (broad SMARTS) is 1. The maximum Gasteiger partial charge on any atom is 0.326 e. The normalized spacial score (nSPS) is 14.4. The number of carbonyl (C=O) groups excluding carboxylic acids is 3. The predicted molar refractivity (Wildman–Crippen MR) is 126 cm³/mol. The molecule has 0 aromatic heterocycles. The second kappa shape index (κ2) is 14.3. The number of phenols is 1. The van der Waals surface area contributed by atoms with Crippen molar-refractivity contribution < 1.29 is 29.4 Å². The molecule has 33 heavy (non-hydrogen) atoms. The minimum atomic E-state index is -1.19. The van der Waals surface area contributed by atoms with Crippen LogP contribution in [-0.2, 0) is 25.6 Å². The fourth-order valence-electron chi connectivity index (χ4n) is 2.88. The van der Waals surface area contributed by atoms with Crippen molar-refractivity contribution in [1.82, 2.24) is 16.0 Å². The van der Waals surface area contributed by atoms with E-state index in [2.05, 4.69) is 28.6 Å². The summed E-state index contributed by atoms with van der Waals surface area (Å²) >= 11 is 4.06. The molecule has 0 aliphatic rings. The molecule has 4 unspecified atom stereocenters. The fraction of sp³-hybridized carbons (Fsp3) is 0.524. The molecule has 0 spiro atoms. The first-order valence-electron chi connectivity index (χ1n) is 10.6. The average Bonchev–Trinajstić information content (AvgIpc) is 2.77. The molecule has 0 bridgehead atoms. The minimum absolute atomic E-state index is 0.0756. The van der Waals surface area contributed by atoms with Crippen LogP contribution in [0.5, 0.6) is 5.75 Å². The van der Waals surface area contributed by atoms with Gasteiger partial charge in [-0.05, 0) is 56.8 Å². The van der Waals surface area contributed by atoms with Crippen LogP contribution in [0.1, 0.15) is 31.7 Å². The number of aliphatic carboxylic acids is 1. The SMILES string of the molecule is CC(NC(=O)C(N)Cc1ccc(O)cc1)C(=O)NC(CS)C(=O)NC(CCCCN)C(=O)O. The zero-order chi connectivity index (χ0) is 25.0. The Balaban J connectivity index is 2.60. The summed E-state index contributed by atoms with van der Waals surface area (Å²) < 4.78 is 0. The highest BCUT2D eigenvalue weighted by atomic mass is 32.1. The number of nitrogens with two attached hydrogens (primary N) is 2. The van der Waals surface area contributed by atoms with Crippen LogP contribution in [0.25, 0.3) is 0 Å². The standard InChI is InChI=1S/C21H33N5O6S/c1-12(24-19(29)15(23)10-13-5-7-14(27)8-6-13)18(28)26-17(11-33)20(30)25-16(21(31)32)4-2-3-9-22/h5-8,12,15-17,27,33H,2-4,9-11,22-23H2,1H3,(H,24,29)(H,25,30)(H,26,28)(H,31,32). The maximum absolute atomic E-state index is 12.5. The van der Waals surface area contributed by atoms with Crippen LogP contribution in [0.3, 0.4) is 0 Å². The van der Waals surface area contributed by atoms with Crippen molar-refractivity contribution >= 4 is 36.3 Å². The summed E-state index contributed by atoms with van der Waals surface area (Å²) in [5, 5.41) is 25.9. The summed E-state index contributed by atoms with van der Waals surface area (Å²) in [4.78, 5) is 48.6. The Morgan fingerprint density at radius 1 is 0.970 bits per heavy atom. The molecule has 9 N–H and O–H groups in total. The number of aromatic hydroxyl groups is 1. The number of unbranched alkanes of at least 4 members (excludes halogenated alkanes) is 1. The Hall–Kier alpha value is -2.83. The summed E-state index contributed by atoms with van der Waals surface area (Å²) in [7, 11) is 0. The van der Waals surface area contributed by atoms with Gasteiger partial charge in [-0.2, -0.15) is 12.6 Å². The van der Waals surface area contributed by atoms with Gasteiger partial charge in [0, 0.05) is 5.75 Å². The summed E-state index contributed by atoms with van der Waals surface area (Å²) in [5.41, 5.74) is 12.0. The van der Waals surface area contributed by atoms with E-state index in [-0.39, 0.29) is 24.3 Å². The van der Waals surface area contributed by atoms with Gasteiger partial charge in [0.1, 0.15) is 23.9 Å². The quantitative estimate of drug-likeness (QED) is 0.120. The molecule has 11 nitrogen and oxygen atoms in total. The lowest BCUT2D eigenvalue weighted by Crippen LogP contribution is -2.57. The van der Waals surface area contributed by atoms with Crippen LogP contribution < -0.4 is 27.4 Å². The van der Waals surface area contributed by atoms with E-state index in [1.165, 1.54) is 19.1 Å². The number of nitrogens with one attached hydrogen (secondary N) is 3. The predicted octanol–water partition coefficient (Wildman–Crippen LogP) is -1.12. The molecule has 4 atom stereocenters. The van der Waals surface area contributed by atoms with E-state index in [1.54, 1.807) is 12.1 Å². The Morgan fingerprint density at radius 3 is 2.12 bits per heavy atom. The molecule has 0 aliphatic heterocycles. The van der Waals surface area contributed by atoms with Crippen LogP contribution in [0, 0.1) is 0 Å². The molecule has 184 valence electrons. The lowest BCUT2D eigenvalue weighted by atomic mass is 10.1. The first-order chi connectivity index (χ1) is 15.6. The largest absolute Gasteiger partial charge is 0.508 e. The second-order valence-electron chi connectivity index (χ2n) is 7.63. The van der Waals surface area contributed by atoms with Gasteiger partial charge >= 0.3 is 5.97 Å². The average molecular weight is 484 g/mol. The van der Waals surface area contributed by atoms with E-state index in [9.17, 15) is 29.4 Å². The van der Waals surface area contributed by atoms with Crippen molar-refractivity contribution in [3.05, 3.63) is 29.8 Å². The zero-order valence-electron chi connectivity index (χ0n) is 18.5. The van der Waals surface area contributed by atoms with Gasteiger partial charge in [0.2, 0.25) is 17.7 Å². The van der Waals surface area contributed by atoms with Crippen molar-refractivity contribution in [2.75, 3.05) is 12.3 Å². The zero-order valence-corrected chi connectivity index (χ0v) is 19.4. The molecule has 0 saturated carbocycles. The van der Waals surface area contributed by atoms with E-state index in [0.717, 1.165) is 5.56 Å². The maximum atomic E-state index is 12.5. The van der Waals surface area contributed by atoms with Gasteiger partial charge in [-0.1, -0.05) is 12.1 Å². The molecule has 12 heteroatoms. The topological polar surface area (TPSA) is 197 Å². The molecule has 0 saturated heterocycles. The smallest absolute Gasteiger partial charge is 0.326 e. The van der Waals surface area contributed by atoms with Crippen molar-refractivity contribution in [2.45, 2.75) is 56.8 Å². The molecule has 1 rings (SSSR count). The van der Waals surface area contributed by atoms with Gasteiger partial charge in [0.25, 0.3) is 0 Å². The number of hydrogen-bond acceptors (Lipinski definition) is 8. The Morgan fingerprint density at radius 2 is 1.58 bits per heavy atom. The molecular formula is C21H33N5O6S. The molecule has 0 radical (unpaired) electrons. The Kier molecular flexibility index (Phi) is 12.3. The van der Waals surface area contributed by atoms with E-state index < -0.39 is 47.9 Å². The van der Waals surface area contributed by atoms with Gasteiger partial charge in [0.05, 0.1) is 6.04 Å². The lowest BCUT2D eigenvalue weighted by molar-refractivity contribution is -0.142. The summed E-state index contributed by atoms with van der Waals surface area (Å²) in [6.07, 6.45) is 1.55. The van der Waals surface area contributed by atoms with Crippen LogP contribution in [0.4, 0.5) is 0 Å². The molecule has 0 aliphatic carbocycles. The van der Waals surface area contributed by atoms with E-state index in [0.29, 0.717) is 19.4 Å². The van der Waals surface area contributed by atoms with E-state index in [1.807, 2.05) is 0 Å². The third kappa shape index (κ3) is 10.1. The van der Waals surface area contributed by atoms with Gasteiger partial charge in [-0.15, -0.1) is 0 Å². The summed E-state index contributed by atoms with van der Waals surface area (Å²) in [6.45, 7) is 1.85. The Bertz CT molecular complexity index is 807. The highest BCUT2D eigenvalue weighted by Crippen LogP contribution is 2.11. The minimum Gasteiger partial charge on any atom is -0.508 e. The first-order valence-corrected chi connectivity index (χ1v) is 11.2. The fourth-order valence-corrected chi connectivity index (χ4v) is 3.14. The van der Waals surface area contributed by atoms with Gasteiger partial charge in [-0.3, -0.25) is 14.4 Å². The molecule has 3 amide bonds. The van der Waals surface area contributed by atoms with E-state index >= 15 is 0 Å². The van der Waals surface area contributed by atoms with Crippen molar-refractivity contribution in [1.29, 1.82) is 0 Å². The lowest BCUT2D eigenvalue weighted by Gasteiger charge is -2.23. The number of thiol groups is 1. The van der Waals surface area contributed by atoms with Gasteiger partial charge in [-0.25, -0.2) is 4.79 Å². The van der Waals surface area contributed by atoms with Crippen LogP contribution in [0.2, 0.25) is 0 Å².